The van der Waals surface area contributed by atoms with Crippen molar-refractivity contribution in [3.05, 3.63) is 28.2 Å². The fourth-order valence-corrected chi connectivity index (χ4v) is 3.11. The Kier molecular flexibility index (Phi) is 5.22. The normalized spacial score (nSPS) is 15.5. The molecule has 0 saturated heterocycles. The molecule has 0 spiro atoms. The highest BCUT2D eigenvalue weighted by Gasteiger charge is 2.29. The molecule has 0 amide bonds. The van der Waals surface area contributed by atoms with Gasteiger partial charge in [0.05, 0.1) is 27.1 Å². The summed E-state index contributed by atoms with van der Waals surface area (Å²) >= 11 is 11.5. The molecular formula is C11H15Cl2NO4S. The highest BCUT2D eigenvalue weighted by Crippen LogP contribution is 2.26. The molecule has 0 saturated carbocycles. The van der Waals surface area contributed by atoms with Crippen molar-refractivity contribution in [1.82, 2.24) is 4.31 Å². The molecule has 8 heteroatoms. The summed E-state index contributed by atoms with van der Waals surface area (Å²) in [6.45, 7) is 0.550. The highest BCUT2D eigenvalue weighted by molar-refractivity contribution is 7.89. The van der Waals surface area contributed by atoms with Crippen LogP contribution >= 0.6 is 23.2 Å². The Morgan fingerprint density at radius 2 is 1.89 bits per heavy atom. The number of aliphatic hydroxyl groups is 2. The van der Waals surface area contributed by atoms with E-state index in [-0.39, 0.29) is 21.5 Å². The first kappa shape index (κ1) is 16.7. The quantitative estimate of drug-likeness (QED) is 0.855. The Morgan fingerprint density at radius 1 is 1.32 bits per heavy atom. The second-order valence-corrected chi connectivity index (χ2v) is 7.35. The molecule has 0 aliphatic heterocycles. The summed E-state index contributed by atoms with van der Waals surface area (Å²) in [5, 5.41) is 19.0. The van der Waals surface area contributed by atoms with Crippen molar-refractivity contribution in [3.8, 4) is 0 Å². The van der Waals surface area contributed by atoms with Crippen LogP contribution in [0.15, 0.2) is 23.1 Å². The second kappa shape index (κ2) is 5.95. The first-order valence-corrected chi connectivity index (χ1v) is 7.54. The molecule has 1 atom stereocenters. The SMILES string of the molecule is CN(C[C@@](C)(O)CO)S(=O)(=O)c1ccc(Cl)c(Cl)c1. The fraction of sp³-hybridized carbons (Fsp3) is 0.455. The lowest BCUT2D eigenvalue weighted by Gasteiger charge is -2.26. The molecule has 0 radical (unpaired) electrons. The Hall–Kier alpha value is -0.370. The summed E-state index contributed by atoms with van der Waals surface area (Å²) in [6, 6.07) is 3.95. The number of benzene rings is 1. The average Bonchev–Trinajstić information content (AvgIpc) is 2.32. The lowest BCUT2D eigenvalue weighted by Crippen LogP contribution is -2.44. The number of sulfonamides is 1. The molecule has 0 aliphatic carbocycles. The van der Waals surface area contributed by atoms with Gasteiger partial charge in [-0.1, -0.05) is 23.2 Å². The van der Waals surface area contributed by atoms with Crippen LogP contribution < -0.4 is 0 Å². The number of aliphatic hydroxyl groups excluding tert-OH is 1. The number of hydrogen-bond acceptors (Lipinski definition) is 4. The van der Waals surface area contributed by atoms with Gasteiger partial charge in [-0.25, -0.2) is 8.42 Å². The number of halogens is 2. The van der Waals surface area contributed by atoms with E-state index in [1.807, 2.05) is 0 Å². The third-order valence-electron chi connectivity index (χ3n) is 2.50. The molecular weight excluding hydrogens is 313 g/mol. The Bertz CT molecular complexity index is 560. The minimum atomic E-state index is -3.80. The largest absolute Gasteiger partial charge is 0.393 e. The topological polar surface area (TPSA) is 77.8 Å². The monoisotopic (exact) mass is 327 g/mol. The van der Waals surface area contributed by atoms with Crippen LogP contribution in [-0.4, -0.2) is 48.7 Å². The molecule has 108 valence electrons. The van der Waals surface area contributed by atoms with E-state index in [2.05, 4.69) is 0 Å². The summed E-state index contributed by atoms with van der Waals surface area (Å²) in [6.07, 6.45) is 0. The Balaban J connectivity index is 3.06. The lowest BCUT2D eigenvalue weighted by molar-refractivity contribution is -0.00811. The summed E-state index contributed by atoms with van der Waals surface area (Å²) in [5.41, 5.74) is -1.52. The Morgan fingerprint density at radius 3 is 2.37 bits per heavy atom. The smallest absolute Gasteiger partial charge is 0.242 e. The van der Waals surface area contributed by atoms with Crippen LogP contribution in [-0.2, 0) is 10.0 Å². The standard InChI is InChI=1S/C11H15Cl2NO4S/c1-11(16,7-15)6-14(2)19(17,18)8-3-4-9(12)10(13)5-8/h3-5,15-16H,6-7H2,1-2H3/t11-/m1/s1. The van der Waals surface area contributed by atoms with Gasteiger partial charge in [0.25, 0.3) is 0 Å². The maximum Gasteiger partial charge on any atom is 0.242 e. The number of rotatable bonds is 5. The van der Waals surface area contributed by atoms with Gasteiger partial charge in [0, 0.05) is 13.6 Å². The first-order chi connectivity index (χ1) is 8.60. The van der Waals surface area contributed by atoms with Gasteiger partial charge in [-0.2, -0.15) is 4.31 Å². The zero-order valence-corrected chi connectivity index (χ0v) is 12.8. The van der Waals surface area contributed by atoms with Crippen LogP contribution in [0, 0.1) is 0 Å². The maximum absolute atomic E-state index is 12.2. The van der Waals surface area contributed by atoms with Crippen molar-refractivity contribution in [2.75, 3.05) is 20.2 Å². The van der Waals surface area contributed by atoms with E-state index in [0.29, 0.717) is 0 Å². The van der Waals surface area contributed by atoms with Crippen molar-refractivity contribution >= 4 is 33.2 Å². The van der Waals surface area contributed by atoms with E-state index in [1.165, 1.54) is 32.2 Å². The highest BCUT2D eigenvalue weighted by atomic mass is 35.5. The predicted octanol–water partition coefficient (Wildman–Crippen LogP) is 1.36. The molecule has 0 aliphatic rings. The van der Waals surface area contributed by atoms with Crippen LogP contribution in [0.3, 0.4) is 0 Å². The number of hydrogen-bond donors (Lipinski definition) is 2. The van der Waals surface area contributed by atoms with Crippen LogP contribution in [0.4, 0.5) is 0 Å². The summed E-state index contributed by atoms with van der Waals surface area (Å²) in [7, 11) is -2.49. The lowest BCUT2D eigenvalue weighted by atomic mass is 10.1. The molecule has 0 bridgehead atoms. The minimum absolute atomic E-state index is 0.0295. The van der Waals surface area contributed by atoms with Gasteiger partial charge in [0.1, 0.15) is 0 Å². The van der Waals surface area contributed by atoms with Gasteiger partial charge < -0.3 is 10.2 Å². The fourth-order valence-electron chi connectivity index (χ4n) is 1.43. The zero-order chi connectivity index (χ0) is 14.8. The summed E-state index contributed by atoms with van der Waals surface area (Å²) < 4.78 is 25.4. The van der Waals surface area contributed by atoms with E-state index in [9.17, 15) is 13.5 Å². The molecule has 0 heterocycles. The molecule has 0 unspecified atom stereocenters. The maximum atomic E-state index is 12.2. The number of nitrogens with zero attached hydrogens (tertiary/aromatic N) is 1. The van der Waals surface area contributed by atoms with Gasteiger partial charge in [0.2, 0.25) is 10.0 Å². The van der Waals surface area contributed by atoms with Crippen LogP contribution in [0.2, 0.25) is 10.0 Å². The molecule has 1 aromatic rings. The summed E-state index contributed by atoms with van der Waals surface area (Å²) in [5.74, 6) is 0. The predicted molar refractivity (Wildman–Crippen MR) is 74.0 cm³/mol. The zero-order valence-electron chi connectivity index (χ0n) is 10.5. The van der Waals surface area contributed by atoms with Crippen LogP contribution in [0.25, 0.3) is 0 Å². The van der Waals surface area contributed by atoms with Crippen molar-refractivity contribution in [1.29, 1.82) is 0 Å². The molecule has 0 aromatic heterocycles. The molecule has 1 rings (SSSR count). The average molecular weight is 328 g/mol. The molecule has 1 aromatic carbocycles. The molecule has 2 N–H and O–H groups in total. The van der Waals surface area contributed by atoms with Gasteiger partial charge in [-0.3, -0.25) is 0 Å². The molecule has 5 nitrogen and oxygen atoms in total. The number of likely N-dealkylation sites (N-methyl/N-ethyl adjacent to an activating group) is 1. The van der Waals surface area contributed by atoms with Gasteiger partial charge in [-0.05, 0) is 25.1 Å². The van der Waals surface area contributed by atoms with Gasteiger partial charge >= 0.3 is 0 Å². The molecule has 19 heavy (non-hydrogen) atoms. The third kappa shape index (κ3) is 4.05. The van der Waals surface area contributed by atoms with Crippen molar-refractivity contribution in [2.24, 2.45) is 0 Å². The van der Waals surface area contributed by atoms with Crippen LogP contribution in [0.5, 0.6) is 0 Å². The first-order valence-electron chi connectivity index (χ1n) is 5.35. The van der Waals surface area contributed by atoms with E-state index in [0.717, 1.165) is 4.31 Å². The van der Waals surface area contributed by atoms with Crippen molar-refractivity contribution in [3.63, 3.8) is 0 Å². The van der Waals surface area contributed by atoms with Gasteiger partial charge in [0.15, 0.2) is 0 Å². The Labute approximate surface area is 122 Å². The second-order valence-electron chi connectivity index (χ2n) is 4.49. The van der Waals surface area contributed by atoms with E-state index < -0.39 is 22.2 Å². The summed E-state index contributed by atoms with van der Waals surface area (Å²) in [4.78, 5) is -0.0295. The minimum Gasteiger partial charge on any atom is -0.393 e. The van der Waals surface area contributed by atoms with E-state index in [1.54, 1.807) is 0 Å². The van der Waals surface area contributed by atoms with E-state index in [4.69, 9.17) is 28.3 Å². The van der Waals surface area contributed by atoms with E-state index >= 15 is 0 Å². The molecule has 0 fully saturated rings. The third-order valence-corrected chi connectivity index (χ3v) is 5.04. The van der Waals surface area contributed by atoms with Crippen molar-refractivity contribution in [2.45, 2.75) is 17.4 Å². The van der Waals surface area contributed by atoms with Crippen molar-refractivity contribution < 1.29 is 18.6 Å². The van der Waals surface area contributed by atoms with Gasteiger partial charge in [-0.15, -0.1) is 0 Å². The van der Waals surface area contributed by atoms with Crippen LogP contribution in [0.1, 0.15) is 6.92 Å².